The average Bonchev–Trinajstić information content (AvgIpc) is 2.80. The third kappa shape index (κ3) is 2.30. The van der Waals surface area contributed by atoms with E-state index in [1.807, 2.05) is 6.92 Å². The molecular weight excluding hydrogens is 254 g/mol. The summed E-state index contributed by atoms with van der Waals surface area (Å²) in [6.07, 6.45) is 1.39. The fraction of sp³-hybridized carbons (Fsp3) is 0.273. The van der Waals surface area contributed by atoms with E-state index in [0.717, 1.165) is 4.88 Å². The van der Waals surface area contributed by atoms with E-state index < -0.39 is 5.97 Å². The second-order valence-electron chi connectivity index (χ2n) is 3.36. The molecule has 0 spiro atoms. The highest BCUT2D eigenvalue weighted by Gasteiger charge is 2.17. The highest BCUT2D eigenvalue weighted by Crippen LogP contribution is 2.27. The van der Waals surface area contributed by atoms with Crippen molar-refractivity contribution in [2.45, 2.75) is 6.92 Å². The molecule has 0 radical (unpaired) electrons. The van der Waals surface area contributed by atoms with Gasteiger partial charge in [-0.15, -0.1) is 11.3 Å². The molecule has 7 heteroatoms. The second-order valence-corrected chi connectivity index (χ2v) is 4.56. The molecule has 18 heavy (non-hydrogen) atoms. The number of rotatable bonds is 3. The van der Waals surface area contributed by atoms with Gasteiger partial charge in [0.1, 0.15) is 17.0 Å². The first-order valence-corrected chi connectivity index (χ1v) is 5.89. The summed E-state index contributed by atoms with van der Waals surface area (Å²) in [6, 6.07) is 1.67. The van der Waals surface area contributed by atoms with Crippen molar-refractivity contribution in [3.63, 3.8) is 0 Å². The molecule has 6 nitrogen and oxygen atoms in total. The number of esters is 1. The summed E-state index contributed by atoms with van der Waals surface area (Å²) in [5, 5.41) is 0.633. The van der Waals surface area contributed by atoms with Gasteiger partial charge in [-0.05, 0) is 6.92 Å². The Bertz CT molecular complexity index is 583. The molecule has 0 unspecified atom stereocenters. The molecule has 0 N–H and O–H groups in total. The Kier molecular flexibility index (Phi) is 3.52. The summed E-state index contributed by atoms with van der Waals surface area (Å²) in [7, 11) is 2.85. The minimum atomic E-state index is -0.448. The summed E-state index contributed by atoms with van der Waals surface area (Å²) in [4.78, 5) is 24.5. The van der Waals surface area contributed by atoms with E-state index >= 15 is 0 Å². The van der Waals surface area contributed by atoms with Crippen molar-refractivity contribution in [1.29, 1.82) is 0 Å². The molecule has 0 aliphatic rings. The maximum absolute atomic E-state index is 11.5. The highest BCUT2D eigenvalue weighted by molar-refractivity contribution is 7.15. The lowest BCUT2D eigenvalue weighted by Crippen LogP contribution is -2.03. The molecule has 94 valence electrons. The Balaban J connectivity index is 2.42. The van der Waals surface area contributed by atoms with Crippen LogP contribution >= 0.6 is 11.3 Å². The van der Waals surface area contributed by atoms with Gasteiger partial charge in [0, 0.05) is 10.9 Å². The van der Waals surface area contributed by atoms with Gasteiger partial charge in [-0.2, -0.15) is 0 Å². The lowest BCUT2D eigenvalue weighted by atomic mass is 10.4. The predicted octanol–water partition coefficient (Wildman–Crippen LogP) is 1.70. The molecule has 0 amide bonds. The van der Waals surface area contributed by atoms with Gasteiger partial charge in [0.25, 0.3) is 0 Å². The average molecular weight is 265 g/mol. The molecule has 2 heterocycles. The van der Waals surface area contributed by atoms with Crippen LogP contribution in [-0.4, -0.2) is 35.1 Å². The zero-order valence-electron chi connectivity index (χ0n) is 10.1. The van der Waals surface area contributed by atoms with Crippen LogP contribution in [0.4, 0.5) is 0 Å². The summed E-state index contributed by atoms with van der Waals surface area (Å²) in [5.41, 5.74) is 0.931. The lowest BCUT2D eigenvalue weighted by Gasteiger charge is -1.98. The van der Waals surface area contributed by atoms with E-state index in [2.05, 4.69) is 19.7 Å². The molecule has 0 bridgehead atoms. The number of carbonyl (C=O) groups is 1. The Morgan fingerprint density at radius 1 is 1.33 bits per heavy atom. The fourth-order valence-corrected chi connectivity index (χ4v) is 2.23. The highest BCUT2D eigenvalue weighted by atomic mass is 32.1. The van der Waals surface area contributed by atoms with Crippen molar-refractivity contribution in [1.82, 2.24) is 15.0 Å². The van der Waals surface area contributed by atoms with Crippen molar-refractivity contribution in [2.75, 3.05) is 14.2 Å². The van der Waals surface area contributed by atoms with E-state index in [0.29, 0.717) is 22.3 Å². The van der Waals surface area contributed by atoms with Gasteiger partial charge in [-0.1, -0.05) is 0 Å². The van der Waals surface area contributed by atoms with Gasteiger partial charge in [-0.25, -0.2) is 19.7 Å². The van der Waals surface area contributed by atoms with Crippen molar-refractivity contribution in [3.05, 3.63) is 23.0 Å². The van der Waals surface area contributed by atoms with Crippen LogP contribution in [0, 0.1) is 6.92 Å². The number of hydrogen-bond donors (Lipinski definition) is 0. The number of carbonyl (C=O) groups excluding carboxylic acids is 1. The topological polar surface area (TPSA) is 74.2 Å². The molecule has 0 aliphatic carbocycles. The number of ether oxygens (including phenoxy) is 2. The lowest BCUT2D eigenvalue weighted by molar-refractivity contribution is 0.0594. The van der Waals surface area contributed by atoms with Crippen LogP contribution in [0.1, 0.15) is 15.4 Å². The van der Waals surface area contributed by atoms with Crippen molar-refractivity contribution in [3.8, 4) is 16.6 Å². The van der Waals surface area contributed by atoms with Crippen LogP contribution in [0.25, 0.3) is 10.7 Å². The Labute approximate surface area is 108 Å². The molecule has 0 fully saturated rings. The third-order valence-electron chi connectivity index (χ3n) is 2.25. The number of aromatic nitrogens is 3. The van der Waals surface area contributed by atoms with Crippen molar-refractivity contribution < 1.29 is 14.3 Å². The minimum absolute atomic E-state index is 0.315. The Hall–Kier alpha value is -2.02. The number of hydrogen-bond acceptors (Lipinski definition) is 7. The van der Waals surface area contributed by atoms with Gasteiger partial charge < -0.3 is 9.47 Å². The fourth-order valence-electron chi connectivity index (χ4n) is 1.36. The molecule has 0 saturated heterocycles. The van der Waals surface area contributed by atoms with Crippen LogP contribution < -0.4 is 4.74 Å². The normalized spacial score (nSPS) is 10.2. The maximum atomic E-state index is 11.5. The van der Waals surface area contributed by atoms with Crippen LogP contribution in [0.2, 0.25) is 0 Å². The molecular formula is C11H11N3O3S. The van der Waals surface area contributed by atoms with Crippen LogP contribution in [0.5, 0.6) is 5.88 Å². The molecule has 2 aromatic heterocycles. The number of thiazole rings is 1. The zero-order valence-corrected chi connectivity index (χ0v) is 10.9. The first kappa shape index (κ1) is 12.4. The van der Waals surface area contributed by atoms with E-state index in [4.69, 9.17) is 4.74 Å². The predicted molar refractivity (Wildman–Crippen MR) is 65.8 cm³/mol. The summed E-state index contributed by atoms with van der Waals surface area (Å²) >= 11 is 1.37. The van der Waals surface area contributed by atoms with Gasteiger partial charge >= 0.3 is 5.97 Å². The smallest absolute Gasteiger partial charge is 0.357 e. The SMILES string of the molecule is COC(=O)c1nc(-c2cc(OC)ncn2)sc1C. The van der Waals surface area contributed by atoms with Gasteiger partial charge in [0.15, 0.2) is 5.69 Å². The molecule has 2 rings (SSSR count). The van der Waals surface area contributed by atoms with Crippen LogP contribution in [0.3, 0.4) is 0 Å². The largest absolute Gasteiger partial charge is 0.481 e. The number of nitrogens with zero attached hydrogens (tertiary/aromatic N) is 3. The van der Waals surface area contributed by atoms with Gasteiger partial charge in [0.05, 0.1) is 14.2 Å². The standard InChI is InChI=1S/C11H11N3O3S/c1-6-9(11(15)17-3)14-10(18-6)7-4-8(16-2)13-5-12-7/h4-5H,1-3H3. The Morgan fingerprint density at radius 3 is 2.78 bits per heavy atom. The quantitative estimate of drug-likeness (QED) is 0.786. The molecule has 0 saturated carbocycles. The summed E-state index contributed by atoms with van der Waals surface area (Å²) in [5.74, 6) is 0.00323. The molecule has 0 aromatic carbocycles. The number of methoxy groups -OCH3 is 2. The third-order valence-corrected chi connectivity index (χ3v) is 3.24. The second kappa shape index (κ2) is 5.09. The maximum Gasteiger partial charge on any atom is 0.357 e. The first-order valence-electron chi connectivity index (χ1n) is 5.08. The van der Waals surface area contributed by atoms with Crippen molar-refractivity contribution >= 4 is 17.3 Å². The van der Waals surface area contributed by atoms with E-state index in [9.17, 15) is 4.79 Å². The molecule has 2 aromatic rings. The van der Waals surface area contributed by atoms with E-state index in [-0.39, 0.29) is 0 Å². The summed E-state index contributed by atoms with van der Waals surface area (Å²) in [6.45, 7) is 1.81. The van der Waals surface area contributed by atoms with Gasteiger partial charge in [0.2, 0.25) is 5.88 Å². The molecule has 0 atom stereocenters. The first-order chi connectivity index (χ1) is 8.65. The van der Waals surface area contributed by atoms with Crippen LogP contribution in [-0.2, 0) is 4.74 Å². The Morgan fingerprint density at radius 2 is 2.11 bits per heavy atom. The monoisotopic (exact) mass is 265 g/mol. The van der Waals surface area contributed by atoms with Crippen molar-refractivity contribution in [2.24, 2.45) is 0 Å². The zero-order chi connectivity index (χ0) is 13.1. The minimum Gasteiger partial charge on any atom is -0.481 e. The molecule has 0 aliphatic heterocycles. The van der Waals surface area contributed by atoms with E-state index in [1.165, 1.54) is 31.9 Å². The number of aryl methyl sites for hydroxylation is 1. The summed E-state index contributed by atoms with van der Waals surface area (Å²) < 4.78 is 9.68. The van der Waals surface area contributed by atoms with Gasteiger partial charge in [-0.3, -0.25) is 0 Å². The van der Waals surface area contributed by atoms with Crippen LogP contribution in [0.15, 0.2) is 12.4 Å². The van der Waals surface area contributed by atoms with E-state index in [1.54, 1.807) is 6.07 Å².